The molecule has 1 unspecified atom stereocenters. The smallest absolute Gasteiger partial charge is 0.0835 e. The van der Waals surface area contributed by atoms with Gasteiger partial charge in [0.15, 0.2) is 0 Å². The van der Waals surface area contributed by atoms with E-state index >= 15 is 0 Å². The molecule has 1 saturated carbocycles. The Morgan fingerprint density at radius 3 is 3.00 bits per heavy atom. The fourth-order valence-corrected chi connectivity index (χ4v) is 4.23. The van der Waals surface area contributed by atoms with Crippen LogP contribution in [-0.4, -0.2) is 34.5 Å². The van der Waals surface area contributed by atoms with Crippen LogP contribution in [0.5, 0.6) is 0 Å². The van der Waals surface area contributed by atoms with Gasteiger partial charge in [-0.1, -0.05) is 24.4 Å². The molecule has 0 radical (unpaired) electrons. The molecule has 114 valence electrons. The molecule has 1 aromatic rings. The predicted molar refractivity (Wildman–Crippen MR) is 83.9 cm³/mol. The van der Waals surface area contributed by atoms with Crippen LogP contribution in [0.2, 0.25) is 5.02 Å². The van der Waals surface area contributed by atoms with Gasteiger partial charge in [0.25, 0.3) is 0 Å². The van der Waals surface area contributed by atoms with Crippen molar-refractivity contribution in [1.82, 2.24) is 15.2 Å². The first kappa shape index (κ1) is 16.1. The maximum Gasteiger partial charge on any atom is 0.0835 e. The van der Waals surface area contributed by atoms with Crippen LogP contribution in [-0.2, 0) is 11.3 Å². The van der Waals surface area contributed by atoms with Crippen molar-refractivity contribution in [3.8, 4) is 0 Å². The number of nitrogens with two attached hydrogens (primary N) is 1. The van der Waals surface area contributed by atoms with Gasteiger partial charge in [-0.05, 0) is 12.8 Å². The first-order valence-corrected chi connectivity index (χ1v) is 8.46. The van der Waals surface area contributed by atoms with E-state index in [2.05, 4.69) is 10.5 Å². The van der Waals surface area contributed by atoms with Crippen LogP contribution in [0.15, 0.2) is 6.20 Å². The van der Waals surface area contributed by atoms with E-state index < -0.39 is 0 Å². The number of hydrogen-bond donors (Lipinski definition) is 2. The maximum atomic E-state index is 6.26. The summed E-state index contributed by atoms with van der Waals surface area (Å²) in [5.41, 5.74) is 3.83. The third kappa shape index (κ3) is 4.11. The lowest BCUT2D eigenvalue weighted by atomic mass is 10.2. The molecule has 1 heterocycles. The summed E-state index contributed by atoms with van der Waals surface area (Å²) in [6.07, 6.45) is 7.02. The predicted octanol–water partition coefficient (Wildman–Crippen LogP) is 2.36. The number of ether oxygens (including phenoxy) is 1. The first-order valence-electron chi connectivity index (χ1n) is 7.04. The highest BCUT2D eigenvalue weighted by atomic mass is 35.5. The molecular formula is C13H23ClN4OS. The Morgan fingerprint density at radius 2 is 2.35 bits per heavy atom. The zero-order valence-electron chi connectivity index (χ0n) is 11.8. The number of nitrogens with one attached hydrogen (secondary N) is 1. The molecule has 3 N–H and O–H groups in total. The fraction of sp³-hybridized carbons (Fsp3) is 0.769. The zero-order valence-corrected chi connectivity index (χ0v) is 13.4. The Balaban J connectivity index is 1.99. The lowest BCUT2D eigenvalue weighted by Crippen LogP contribution is -2.32. The van der Waals surface area contributed by atoms with Crippen LogP contribution >= 0.6 is 23.4 Å². The molecule has 1 aromatic heterocycles. The van der Waals surface area contributed by atoms with Crippen LogP contribution in [0.25, 0.3) is 0 Å². The standard InChI is InChI=1S/C13H23ClN4OS/c1-19-7-6-18-13(11(14)8-16-18)12(17-15)9-20-10-4-2-3-5-10/h8,10,12,17H,2-7,9,15H2,1H3. The van der Waals surface area contributed by atoms with E-state index in [9.17, 15) is 0 Å². The quantitative estimate of drug-likeness (QED) is 0.569. The van der Waals surface area contributed by atoms with Gasteiger partial charge in [-0.3, -0.25) is 16.0 Å². The van der Waals surface area contributed by atoms with Crippen molar-refractivity contribution < 1.29 is 4.74 Å². The summed E-state index contributed by atoms with van der Waals surface area (Å²) in [6.45, 7) is 1.29. The summed E-state index contributed by atoms with van der Waals surface area (Å²) in [5, 5.41) is 5.73. The Kier molecular flexibility index (Phi) is 6.64. The van der Waals surface area contributed by atoms with Crippen molar-refractivity contribution >= 4 is 23.4 Å². The molecule has 0 spiro atoms. The molecule has 7 heteroatoms. The van der Waals surface area contributed by atoms with Gasteiger partial charge < -0.3 is 4.74 Å². The van der Waals surface area contributed by atoms with Crippen LogP contribution in [0.3, 0.4) is 0 Å². The second-order valence-corrected chi connectivity index (χ2v) is 6.79. The van der Waals surface area contributed by atoms with Gasteiger partial charge in [0.2, 0.25) is 0 Å². The molecule has 1 fully saturated rings. The van der Waals surface area contributed by atoms with Crippen molar-refractivity contribution in [3.05, 3.63) is 16.9 Å². The van der Waals surface area contributed by atoms with E-state index in [4.69, 9.17) is 22.2 Å². The minimum atomic E-state index is 0.0208. The van der Waals surface area contributed by atoms with E-state index in [0.29, 0.717) is 18.2 Å². The van der Waals surface area contributed by atoms with E-state index in [-0.39, 0.29) is 6.04 Å². The molecule has 1 atom stereocenters. The Bertz CT molecular complexity index is 409. The summed E-state index contributed by atoms with van der Waals surface area (Å²) >= 11 is 8.25. The van der Waals surface area contributed by atoms with Gasteiger partial charge in [-0.25, -0.2) is 0 Å². The number of hydrazine groups is 1. The molecule has 0 aliphatic heterocycles. The largest absolute Gasteiger partial charge is 0.383 e. The molecule has 0 saturated heterocycles. The Labute approximate surface area is 129 Å². The highest BCUT2D eigenvalue weighted by Crippen LogP contribution is 2.33. The summed E-state index contributed by atoms with van der Waals surface area (Å²) in [7, 11) is 1.68. The van der Waals surface area contributed by atoms with E-state index in [0.717, 1.165) is 16.7 Å². The second-order valence-electron chi connectivity index (χ2n) is 5.05. The van der Waals surface area contributed by atoms with Crippen molar-refractivity contribution in [2.45, 2.75) is 43.5 Å². The summed E-state index contributed by atoms with van der Waals surface area (Å²) in [5.74, 6) is 6.64. The van der Waals surface area contributed by atoms with Crippen molar-refractivity contribution in [2.75, 3.05) is 19.5 Å². The minimum Gasteiger partial charge on any atom is -0.383 e. The number of hydrogen-bond acceptors (Lipinski definition) is 5. The highest BCUT2D eigenvalue weighted by Gasteiger charge is 2.22. The van der Waals surface area contributed by atoms with Gasteiger partial charge in [-0.2, -0.15) is 16.9 Å². The number of thioether (sulfide) groups is 1. The van der Waals surface area contributed by atoms with E-state index in [1.54, 1.807) is 13.3 Å². The molecule has 20 heavy (non-hydrogen) atoms. The van der Waals surface area contributed by atoms with Gasteiger partial charge in [0.1, 0.15) is 0 Å². The SMILES string of the molecule is COCCn1ncc(Cl)c1C(CSC1CCCC1)NN. The van der Waals surface area contributed by atoms with Crippen LogP contribution in [0, 0.1) is 0 Å². The zero-order chi connectivity index (χ0) is 14.4. The molecule has 0 bridgehead atoms. The first-order chi connectivity index (χ1) is 9.76. The van der Waals surface area contributed by atoms with Gasteiger partial charge >= 0.3 is 0 Å². The molecule has 1 aliphatic rings. The van der Waals surface area contributed by atoms with Crippen LogP contribution in [0.1, 0.15) is 37.4 Å². The highest BCUT2D eigenvalue weighted by molar-refractivity contribution is 7.99. The van der Waals surface area contributed by atoms with Crippen molar-refractivity contribution in [3.63, 3.8) is 0 Å². The van der Waals surface area contributed by atoms with Gasteiger partial charge in [0, 0.05) is 18.1 Å². The molecule has 0 amide bonds. The Morgan fingerprint density at radius 1 is 1.60 bits per heavy atom. The van der Waals surface area contributed by atoms with Crippen LogP contribution in [0.4, 0.5) is 0 Å². The van der Waals surface area contributed by atoms with Gasteiger partial charge in [-0.15, -0.1) is 0 Å². The monoisotopic (exact) mass is 318 g/mol. The maximum absolute atomic E-state index is 6.26. The Hall–Kier alpha value is -0.270. The summed E-state index contributed by atoms with van der Waals surface area (Å²) < 4.78 is 6.98. The molecule has 2 rings (SSSR count). The van der Waals surface area contributed by atoms with E-state index in [1.807, 2.05) is 16.4 Å². The summed E-state index contributed by atoms with van der Waals surface area (Å²) in [6, 6.07) is 0.0208. The van der Waals surface area contributed by atoms with Crippen LogP contribution < -0.4 is 11.3 Å². The third-order valence-corrected chi connectivity index (χ3v) is 5.43. The average molecular weight is 319 g/mol. The van der Waals surface area contributed by atoms with Crippen molar-refractivity contribution in [2.24, 2.45) is 5.84 Å². The molecule has 5 nitrogen and oxygen atoms in total. The van der Waals surface area contributed by atoms with E-state index in [1.165, 1.54) is 25.7 Å². The summed E-state index contributed by atoms with van der Waals surface area (Å²) in [4.78, 5) is 0. The molecule has 0 aromatic carbocycles. The third-order valence-electron chi connectivity index (χ3n) is 3.67. The second kappa shape index (κ2) is 8.24. The normalized spacial score (nSPS) is 17.8. The van der Waals surface area contributed by atoms with Crippen molar-refractivity contribution in [1.29, 1.82) is 0 Å². The van der Waals surface area contributed by atoms with Gasteiger partial charge in [0.05, 0.1) is 36.1 Å². The molecular weight excluding hydrogens is 296 g/mol. The molecule has 1 aliphatic carbocycles. The topological polar surface area (TPSA) is 65.1 Å². The fourth-order valence-electron chi connectivity index (χ4n) is 2.57. The number of methoxy groups -OCH3 is 1. The number of halogens is 1. The lowest BCUT2D eigenvalue weighted by Gasteiger charge is -2.20. The number of nitrogens with zero attached hydrogens (tertiary/aromatic N) is 2. The lowest BCUT2D eigenvalue weighted by molar-refractivity contribution is 0.182. The number of rotatable bonds is 8. The number of aromatic nitrogens is 2. The average Bonchev–Trinajstić information content (AvgIpc) is 3.08. The minimum absolute atomic E-state index is 0.0208.